The Labute approximate surface area is 112 Å². The number of aromatic nitrogens is 3. The number of benzene rings is 1. The first kappa shape index (κ1) is 11.5. The van der Waals surface area contributed by atoms with E-state index in [9.17, 15) is 0 Å². The van der Waals surface area contributed by atoms with Crippen LogP contribution in [0, 0.1) is 6.92 Å². The summed E-state index contributed by atoms with van der Waals surface area (Å²) in [6.07, 6.45) is 5.12. The quantitative estimate of drug-likeness (QED) is 0.695. The average Bonchev–Trinajstić information content (AvgIpc) is 2.49. The van der Waals surface area contributed by atoms with Crippen LogP contribution in [0.25, 0.3) is 22.5 Å². The predicted molar refractivity (Wildman–Crippen MR) is 75.4 cm³/mol. The molecule has 0 aliphatic heterocycles. The second-order valence-electron chi connectivity index (χ2n) is 4.34. The van der Waals surface area contributed by atoms with Crippen LogP contribution in [0.5, 0.6) is 0 Å². The van der Waals surface area contributed by atoms with E-state index < -0.39 is 0 Å². The molecule has 0 amide bonds. The van der Waals surface area contributed by atoms with Gasteiger partial charge in [0.15, 0.2) is 0 Å². The van der Waals surface area contributed by atoms with Crippen molar-refractivity contribution >= 4 is 0 Å². The fourth-order valence-electron chi connectivity index (χ4n) is 2.06. The van der Waals surface area contributed by atoms with Gasteiger partial charge in [0.1, 0.15) is 6.33 Å². The third-order valence-electron chi connectivity index (χ3n) is 3.06. The molecule has 0 bridgehead atoms. The molecule has 0 saturated heterocycles. The first-order valence-corrected chi connectivity index (χ1v) is 6.13. The molecule has 2 aromatic heterocycles. The van der Waals surface area contributed by atoms with Gasteiger partial charge < -0.3 is 0 Å². The zero-order valence-corrected chi connectivity index (χ0v) is 10.6. The molecule has 19 heavy (non-hydrogen) atoms. The van der Waals surface area contributed by atoms with Crippen molar-refractivity contribution in [3.05, 3.63) is 66.7 Å². The number of rotatable bonds is 2. The third kappa shape index (κ3) is 2.36. The Bertz CT molecular complexity index is 693. The van der Waals surface area contributed by atoms with Gasteiger partial charge in [0, 0.05) is 23.5 Å². The number of nitrogens with zero attached hydrogens (tertiary/aromatic N) is 3. The van der Waals surface area contributed by atoms with Crippen molar-refractivity contribution in [2.45, 2.75) is 6.92 Å². The minimum atomic E-state index is 0.909. The van der Waals surface area contributed by atoms with E-state index in [-0.39, 0.29) is 0 Å². The Hall–Kier alpha value is -2.55. The average molecular weight is 247 g/mol. The molecule has 2 heterocycles. The summed E-state index contributed by atoms with van der Waals surface area (Å²) in [7, 11) is 0. The molecule has 92 valence electrons. The van der Waals surface area contributed by atoms with Crippen molar-refractivity contribution < 1.29 is 0 Å². The molecule has 1 aromatic carbocycles. The molecule has 0 aliphatic carbocycles. The molecule has 0 N–H and O–H groups in total. The SMILES string of the molecule is Cc1ccccc1-c1cc(-c2ccncn2)ccn1. The van der Waals surface area contributed by atoms with Crippen LogP contribution in [0.4, 0.5) is 0 Å². The summed E-state index contributed by atoms with van der Waals surface area (Å²) in [6.45, 7) is 2.09. The van der Waals surface area contributed by atoms with Gasteiger partial charge in [-0.25, -0.2) is 9.97 Å². The van der Waals surface area contributed by atoms with E-state index in [2.05, 4.69) is 40.1 Å². The number of hydrogen-bond donors (Lipinski definition) is 0. The Morgan fingerprint density at radius 1 is 0.842 bits per heavy atom. The van der Waals surface area contributed by atoms with Crippen molar-refractivity contribution in [1.29, 1.82) is 0 Å². The maximum absolute atomic E-state index is 4.45. The first-order chi connectivity index (χ1) is 9.34. The lowest BCUT2D eigenvalue weighted by molar-refractivity contribution is 1.17. The topological polar surface area (TPSA) is 38.7 Å². The number of aryl methyl sites for hydroxylation is 1. The molecule has 0 radical (unpaired) electrons. The Balaban J connectivity index is 2.09. The van der Waals surface area contributed by atoms with Crippen molar-refractivity contribution in [3.8, 4) is 22.5 Å². The van der Waals surface area contributed by atoms with Crippen molar-refractivity contribution in [1.82, 2.24) is 15.0 Å². The van der Waals surface area contributed by atoms with Gasteiger partial charge in [-0.3, -0.25) is 4.98 Å². The molecule has 3 nitrogen and oxygen atoms in total. The van der Waals surface area contributed by atoms with Gasteiger partial charge in [-0.05, 0) is 30.7 Å². The van der Waals surface area contributed by atoms with Crippen LogP contribution in [0.15, 0.2) is 61.2 Å². The zero-order valence-electron chi connectivity index (χ0n) is 10.6. The van der Waals surface area contributed by atoms with Crippen molar-refractivity contribution in [2.75, 3.05) is 0 Å². The lowest BCUT2D eigenvalue weighted by atomic mass is 10.0. The summed E-state index contributed by atoms with van der Waals surface area (Å²) in [5, 5.41) is 0. The second-order valence-corrected chi connectivity index (χ2v) is 4.34. The van der Waals surface area contributed by atoms with E-state index in [1.165, 1.54) is 5.56 Å². The summed E-state index contributed by atoms with van der Waals surface area (Å²) in [5.74, 6) is 0. The Morgan fingerprint density at radius 3 is 2.53 bits per heavy atom. The summed E-state index contributed by atoms with van der Waals surface area (Å²) >= 11 is 0. The molecule has 0 unspecified atom stereocenters. The highest BCUT2D eigenvalue weighted by molar-refractivity contribution is 5.69. The molecule has 0 fully saturated rings. The minimum absolute atomic E-state index is 0.909. The highest BCUT2D eigenvalue weighted by Crippen LogP contribution is 2.25. The maximum Gasteiger partial charge on any atom is 0.116 e. The maximum atomic E-state index is 4.45. The summed E-state index contributed by atoms with van der Waals surface area (Å²) in [5.41, 5.74) is 5.30. The molecule has 0 aliphatic rings. The highest BCUT2D eigenvalue weighted by Gasteiger charge is 2.05. The number of pyridine rings is 1. The van der Waals surface area contributed by atoms with Gasteiger partial charge in [0.25, 0.3) is 0 Å². The zero-order chi connectivity index (χ0) is 13.1. The lowest BCUT2D eigenvalue weighted by Crippen LogP contribution is -1.89. The van der Waals surface area contributed by atoms with Crippen LogP contribution in [0.2, 0.25) is 0 Å². The summed E-state index contributed by atoms with van der Waals surface area (Å²) in [6, 6.07) is 14.2. The largest absolute Gasteiger partial charge is 0.256 e. The van der Waals surface area contributed by atoms with Crippen LogP contribution in [-0.4, -0.2) is 15.0 Å². The molecule has 3 heteroatoms. The lowest BCUT2D eigenvalue weighted by Gasteiger charge is -2.06. The van der Waals surface area contributed by atoms with E-state index in [0.717, 1.165) is 22.5 Å². The van der Waals surface area contributed by atoms with Gasteiger partial charge in [0.2, 0.25) is 0 Å². The normalized spacial score (nSPS) is 10.4. The van der Waals surface area contributed by atoms with E-state index in [1.807, 2.05) is 30.5 Å². The van der Waals surface area contributed by atoms with E-state index in [1.54, 1.807) is 12.5 Å². The van der Waals surface area contributed by atoms with Crippen LogP contribution >= 0.6 is 0 Å². The number of hydrogen-bond acceptors (Lipinski definition) is 3. The molecule has 3 aromatic rings. The van der Waals surface area contributed by atoms with Gasteiger partial charge in [-0.15, -0.1) is 0 Å². The van der Waals surface area contributed by atoms with Crippen LogP contribution in [0.3, 0.4) is 0 Å². The monoisotopic (exact) mass is 247 g/mol. The Kier molecular flexibility index (Phi) is 3.02. The smallest absolute Gasteiger partial charge is 0.116 e. The summed E-state index contributed by atoms with van der Waals surface area (Å²) in [4.78, 5) is 12.7. The van der Waals surface area contributed by atoms with Gasteiger partial charge in [-0.1, -0.05) is 24.3 Å². The van der Waals surface area contributed by atoms with Crippen molar-refractivity contribution in [3.63, 3.8) is 0 Å². The molecular formula is C16H13N3. The van der Waals surface area contributed by atoms with Gasteiger partial charge in [-0.2, -0.15) is 0 Å². The fourth-order valence-corrected chi connectivity index (χ4v) is 2.06. The molecule has 0 spiro atoms. The summed E-state index contributed by atoms with van der Waals surface area (Å²) < 4.78 is 0. The fraction of sp³-hybridized carbons (Fsp3) is 0.0625. The molecule has 3 rings (SSSR count). The third-order valence-corrected chi connectivity index (χ3v) is 3.06. The standard InChI is InChI=1S/C16H13N3/c1-12-4-2-3-5-14(12)16-10-13(6-9-18-16)15-7-8-17-11-19-15/h2-11H,1H3. The van der Waals surface area contributed by atoms with Crippen molar-refractivity contribution in [2.24, 2.45) is 0 Å². The minimum Gasteiger partial charge on any atom is -0.256 e. The van der Waals surface area contributed by atoms with E-state index in [4.69, 9.17) is 0 Å². The van der Waals surface area contributed by atoms with Gasteiger partial charge >= 0.3 is 0 Å². The van der Waals surface area contributed by atoms with E-state index >= 15 is 0 Å². The molecule has 0 atom stereocenters. The predicted octanol–water partition coefficient (Wildman–Crippen LogP) is 3.51. The molecular weight excluding hydrogens is 234 g/mol. The Morgan fingerprint density at radius 2 is 1.74 bits per heavy atom. The first-order valence-electron chi connectivity index (χ1n) is 6.13. The van der Waals surface area contributed by atoms with Crippen LogP contribution in [-0.2, 0) is 0 Å². The van der Waals surface area contributed by atoms with E-state index in [0.29, 0.717) is 0 Å². The second kappa shape index (κ2) is 4.98. The van der Waals surface area contributed by atoms with Crippen LogP contribution in [0.1, 0.15) is 5.56 Å². The molecule has 0 saturated carbocycles. The van der Waals surface area contributed by atoms with Gasteiger partial charge in [0.05, 0.1) is 11.4 Å². The van der Waals surface area contributed by atoms with Crippen LogP contribution < -0.4 is 0 Å². The highest BCUT2D eigenvalue weighted by atomic mass is 14.8.